The Morgan fingerprint density at radius 2 is 1.75 bits per heavy atom. The van der Waals surface area contributed by atoms with Crippen molar-refractivity contribution in [2.24, 2.45) is 5.92 Å². The Labute approximate surface area is 505 Å². The van der Waals surface area contributed by atoms with Gasteiger partial charge in [-0.25, -0.2) is 14.4 Å². The van der Waals surface area contributed by atoms with E-state index in [9.17, 15) is 0 Å². The SMILES string of the molecule is CCn1nccc1-c1ccc(-c2cnc(C3CCCN3C(=O)C(C(C)C)n3cc4c(n3)c(Cl)nc3cc(COc5c(-c6c(C)ccc7c6cnn7PI)c(C6CC6)cc6c(N7CC8CC7CN8)nc(OC7CCOCC7)nc56)ccc34)[nH]2)cc1. The number of benzene rings is 4. The van der Waals surface area contributed by atoms with Gasteiger partial charge in [-0.15, -0.1) is 0 Å². The van der Waals surface area contributed by atoms with Crippen LogP contribution in [0.1, 0.15) is 106 Å². The lowest BCUT2D eigenvalue weighted by Gasteiger charge is -2.31. The number of imidazole rings is 1. The Morgan fingerprint density at radius 3 is 2.52 bits per heavy atom. The van der Waals surface area contributed by atoms with Crippen LogP contribution >= 0.6 is 40.0 Å². The molecule has 4 aliphatic heterocycles. The molecular formula is C63H65ClIN14O4P. The second kappa shape index (κ2) is 21.9. The number of aryl methyl sites for hydroxylation is 2. The molecule has 6 aromatic heterocycles. The fourth-order valence-corrected chi connectivity index (χ4v) is 15.4. The number of nitrogens with one attached hydrogen (secondary N) is 2. The van der Waals surface area contributed by atoms with Gasteiger partial charge in [-0.05, 0) is 137 Å². The summed E-state index contributed by atoms with van der Waals surface area (Å²) in [6.45, 7) is 13.1. The minimum atomic E-state index is -0.597. The summed E-state index contributed by atoms with van der Waals surface area (Å²) in [5.41, 5.74) is 12.6. The minimum absolute atomic E-state index is 0.00409. The maximum absolute atomic E-state index is 15.0. The first-order valence-electron chi connectivity index (χ1n) is 29.6. The van der Waals surface area contributed by atoms with E-state index in [1.54, 1.807) is 0 Å². The molecule has 1 saturated carbocycles. The first kappa shape index (κ1) is 53.9. The molecule has 84 heavy (non-hydrogen) atoms. The van der Waals surface area contributed by atoms with Gasteiger partial charge in [0.05, 0.1) is 60.4 Å². The number of pyridine rings is 1. The van der Waals surface area contributed by atoms with Crippen LogP contribution < -0.4 is 19.7 Å². The van der Waals surface area contributed by atoms with E-state index in [4.69, 9.17) is 55.9 Å². The Kier molecular flexibility index (Phi) is 14.1. The van der Waals surface area contributed by atoms with Crippen molar-refractivity contribution in [3.05, 3.63) is 119 Å². The third-order valence-corrected chi connectivity index (χ3v) is 20.2. The highest BCUT2D eigenvalue weighted by Gasteiger charge is 2.42. The molecule has 430 valence electrons. The Balaban J connectivity index is 0.770. The summed E-state index contributed by atoms with van der Waals surface area (Å²) in [5.74, 6) is 2.65. The van der Waals surface area contributed by atoms with Crippen LogP contribution in [0.15, 0.2) is 91.5 Å². The van der Waals surface area contributed by atoms with E-state index in [1.807, 2.05) is 45.1 Å². The van der Waals surface area contributed by atoms with E-state index in [1.165, 1.54) is 5.56 Å². The first-order chi connectivity index (χ1) is 41.1. The second-order valence-corrected chi connectivity index (χ2v) is 26.1. The number of fused-ring (bicyclic) bond motifs is 7. The molecule has 21 heteroatoms. The normalized spacial score (nSPS) is 19.7. The number of hydrogen-bond acceptors (Lipinski definition) is 13. The third-order valence-electron chi connectivity index (χ3n) is 18.0. The largest absolute Gasteiger partial charge is 0.486 e. The van der Waals surface area contributed by atoms with Gasteiger partial charge in [-0.2, -0.15) is 25.3 Å². The van der Waals surface area contributed by atoms with Crippen LogP contribution in [0.4, 0.5) is 5.82 Å². The number of carbonyl (C=O) groups is 1. The summed E-state index contributed by atoms with van der Waals surface area (Å²) in [5, 5.41) is 22.1. The number of halogens is 2. The first-order valence-corrected chi connectivity index (χ1v) is 34.1. The summed E-state index contributed by atoms with van der Waals surface area (Å²) in [7, 11) is 0. The van der Waals surface area contributed by atoms with Crippen molar-refractivity contribution >= 4 is 95.4 Å². The number of anilines is 1. The molecule has 5 atom stereocenters. The van der Waals surface area contributed by atoms with Crippen LogP contribution in [0, 0.1) is 12.8 Å². The van der Waals surface area contributed by atoms with Gasteiger partial charge in [-0.3, -0.25) is 14.2 Å². The van der Waals surface area contributed by atoms with E-state index in [0.29, 0.717) is 66.9 Å². The van der Waals surface area contributed by atoms with Crippen LogP contribution in [0.25, 0.3) is 77.3 Å². The number of aromatic nitrogens is 11. The number of piperazine rings is 1. The average molecular weight is 1280 g/mol. The molecule has 5 unspecified atom stereocenters. The van der Waals surface area contributed by atoms with E-state index in [0.717, 1.165) is 154 Å². The standard InChI is InChI=1S/C63H65ClIN14O4P/c1-5-77-50(18-21-68-77)39-14-12-38(13-15-39)49-30-67-60(71-49)52-7-6-22-75(52)62(80)57(34(2)3)78-32-47-43-16-9-36(25-48(43)70-59(64)56(47)74-78)33-82-58-54(53-35(4)8-17-51-46(53)29-69-79(51)84-65)44(37-10-11-37)27-45-55(58)72-63(83-42-19-23-81-24-20-42)73-61(45)76-31-40-26-41(76)28-66-40/h8-9,12-18,21,25,27,29-30,32,34,37,40-42,52,57,66,84H,5-7,10-11,19-20,22-24,26,28,31,33H2,1-4H3,(H,67,71). The summed E-state index contributed by atoms with van der Waals surface area (Å²) >= 11 is 9.56. The lowest BCUT2D eigenvalue weighted by atomic mass is 9.89. The van der Waals surface area contributed by atoms with Gasteiger partial charge >= 0.3 is 6.01 Å². The van der Waals surface area contributed by atoms with Gasteiger partial charge in [0.15, 0.2) is 10.9 Å². The number of likely N-dealkylation sites (tertiary alicyclic amines) is 1. The number of ether oxygens (including phenoxy) is 3. The lowest BCUT2D eigenvalue weighted by Crippen LogP contribution is -2.44. The van der Waals surface area contributed by atoms with Crippen LogP contribution in [0.2, 0.25) is 5.15 Å². The number of amides is 1. The highest BCUT2D eigenvalue weighted by Crippen LogP contribution is 2.54. The van der Waals surface area contributed by atoms with E-state index in [2.05, 4.69) is 135 Å². The number of carbonyl (C=O) groups excluding carboxylic acids is 1. The highest BCUT2D eigenvalue weighted by molar-refractivity contribution is 14.2. The lowest BCUT2D eigenvalue weighted by molar-refractivity contribution is -0.137. The van der Waals surface area contributed by atoms with Crippen LogP contribution in [0.5, 0.6) is 11.8 Å². The zero-order valence-electron chi connectivity index (χ0n) is 47.4. The molecule has 0 radical (unpaired) electrons. The fraction of sp³-hybridized carbons (Fsp3) is 0.397. The molecule has 10 aromatic rings. The van der Waals surface area contributed by atoms with Crippen LogP contribution in [-0.2, 0) is 22.7 Å². The fourth-order valence-electron chi connectivity index (χ4n) is 13.7. The van der Waals surface area contributed by atoms with Crippen molar-refractivity contribution in [2.45, 2.75) is 122 Å². The number of nitrogens with zero attached hydrogens (tertiary/aromatic N) is 12. The molecule has 1 aliphatic carbocycles. The monoisotopic (exact) mass is 1270 g/mol. The summed E-state index contributed by atoms with van der Waals surface area (Å²) in [6, 6.07) is 23.8. The summed E-state index contributed by atoms with van der Waals surface area (Å²) < 4.78 is 25.8. The van der Waals surface area contributed by atoms with Gasteiger partial charge in [0.1, 0.15) is 41.4 Å². The molecule has 5 aliphatic rings. The maximum atomic E-state index is 15.0. The summed E-state index contributed by atoms with van der Waals surface area (Å²) in [4.78, 5) is 43.6. The van der Waals surface area contributed by atoms with Crippen molar-refractivity contribution < 1.29 is 19.0 Å². The zero-order valence-corrected chi connectivity index (χ0v) is 51.3. The van der Waals surface area contributed by atoms with Crippen molar-refractivity contribution in [1.82, 2.24) is 64.2 Å². The van der Waals surface area contributed by atoms with E-state index < -0.39 is 6.04 Å². The van der Waals surface area contributed by atoms with Gasteiger partial charge in [-0.1, -0.05) is 67.9 Å². The highest BCUT2D eigenvalue weighted by atomic mass is 127. The molecule has 10 heterocycles. The molecule has 4 aromatic carbocycles. The maximum Gasteiger partial charge on any atom is 0.319 e. The van der Waals surface area contributed by atoms with Crippen molar-refractivity contribution in [3.63, 3.8) is 0 Å². The number of H-pyrrole nitrogens is 1. The van der Waals surface area contributed by atoms with Crippen molar-refractivity contribution in [2.75, 3.05) is 37.7 Å². The molecular weight excluding hydrogens is 1210 g/mol. The Hall–Kier alpha value is -6.77. The molecule has 18 nitrogen and oxygen atoms in total. The second-order valence-electron chi connectivity index (χ2n) is 23.7. The number of aromatic amines is 1. The predicted octanol–water partition coefficient (Wildman–Crippen LogP) is 12.7. The number of hydrogen-bond donors (Lipinski definition) is 2. The van der Waals surface area contributed by atoms with Gasteiger partial charge < -0.3 is 34.3 Å². The van der Waals surface area contributed by atoms with Crippen LogP contribution in [0.3, 0.4) is 0 Å². The molecule has 2 N–H and O–H groups in total. The van der Waals surface area contributed by atoms with Gasteiger partial charge in [0, 0.05) is 90.6 Å². The van der Waals surface area contributed by atoms with Gasteiger partial charge in [0.2, 0.25) is 5.91 Å². The molecule has 1 amide bonds. The molecule has 4 saturated heterocycles. The third kappa shape index (κ3) is 9.56. The average Bonchev–Trinajstić information content (AvgIpc) is 2.89. The summed E-state index contributed by atoms with van der Waals surface area (Å²) in [6.07, 6.45) is 14.5. The van der Waals surface area contributed by atoms with Crippen molar-refractivity contribution in [3.8, 4) is 45.4 Å². The predicted molar refractivity (Wildman–Crippen MR) is 338 cm³/mol. The Morgan fingerprint density at radius 1 is 0.905 bits per heavy atom. The Bertz CT molecular complexity index is 4190. The van der Waals surface area contributed by atoms with E-state index in [-0.39, 0.29) is 35.7 Å². The van der Waals surface area contributed by atoms with E-state index >= 15 is 4.79 Å². The minimum Gasteiger partial charge on any atom is -0.486 e. The quantitative estimate of drug-likeness (QED) is 0.0530. The number of rotatable bonds is 16. The molecule has 2 bridgehead atoms. The smallest absolute Gasteiger partial charge is 0.319 e. The zero-order chi connectivity index (χ0) is 56.9. The molecule has 15 rings (SSSR count). The molecule has 5 fully saturated rings. The van der Waals surface area contributed by atoms with Gasteiger partial charge in [0.25, 0.3) is 0 Å². The molecule has 0 spiro atoms. The topological polar surface area (TPSA) is 184 Å². The van der Waals surface area contributed by atoms with Crippen LogP contribution in [-0.4, -0.2) is 116 Å². The van der Waals surface area contributed by atoms with Crippen molar-refractivity contribution in [1.29, 1.82) is 0 Å².